The summed E-state index contributed by atoms with van der Waals surface area (Å²) >= 11 is 0. The molecule has 0 aromatic heterocycles. The van der Waals surface area contributed by atoms with E-state index in [1.807, 2.05) is 6.92 Å². The van der Waals surface area contributed by atoms with Crippen LogP contribution in [0.2, 0.25) is 11.6 Å². The van der Waals surface area contributed by atoms with Crippen molar-refractivity contribution < 1.29 is 23.9 Å². The van der Waals surface area contributed by atoms with Crippen LogP contribution in [0.15, 0.2) is 30.0 Å². The molecule has 28 heavy (non-hydrogen) atoms. The van der Waals surface area contributed by atoms with E-state index in [0.717, 1.165) is 5.57 Å². The van der Waals surface area contributed by atoms with Gasteiger partial charge in [0.15, 0.2) is 15.3 Å². The average molecular weight is 405 g/mol. The molecule has 0 radical (unpaired) electrons. The predicted octanol–water partition coefficient (Wildman–Crippen LogP) is 3.81. The number of methoxy groups -OCH3 is 1. The number of carbonyl (C=O) groups excluding carboxylic acids is 1. The van der Waals surface area contributed by atoms with Crippen LogP contribution in [0.1, 0.15) is 44.5 Å². The molecule has 3 unspecified atom stereocenters. The van der Waals surface area contributed by atoms with Crippen LogP contribution in [0.4, 0.5) is 10.5 Å². The van der Waals surface area contributed by atoms with Crippen LogP contribution in [0.3, 0.4) is 0 Å². The van der Waals surface area contributed by atoms with Gasteiger partial charge in [-0.1, -0.05) is 26.3 Å². The molecule has 0 saturated heterocycles. The summed E-state index contributed by atoms with van der Waals surface area (Å²) in [5, 5.41) is 10.0. The molecule has 8 heteroatoms. The second kappa shape index (κ2) is 7.25. The molecule has 0 fully saturated rings. The molecule has 2 aliphatic heterocycles. The molecule has 0 bridgehead atoms. The Morgan fingerprint density at radius 3 is 2.57 bits per heavy atom. The zero-order valence-corrected chi connectivity index (χ0v) is 18.4. The SMILES string of the molecule is COc1ccc2c(c1)C(=O)N1C=C(C)CC1C(O[SiH](C)C(C)(C)C)N2C(=O)O. The molecule has 0 saturated carbocycles. The molecule has 0 aliphatic carbocycles. The quantitative estimate of drug-likeness (QED) is 0.775. The maximum atomic E-state index is 13.3. The van der Waals surface area contributed by atoms with E-state index < -0.39 is 21.4 Å². The molecule has 7 nitrogen and oxygen atoms in total. The summed E-state index contributed by atoms with van der Waals surface area (Å²) in [5.74, 6) is 0.267. The Kier molecular flexibility index (Phi) is 5.29. The van der Waals surface area contributed by atoms with Gasteiger partial charge in [-0.15, -0.1) is 0 Å². The predicted molar refractivity (Wildman–Crippen MR) is 109 cm³/mol. The third-order valence-electron chi connectivity index (χ3n) is 5.53. The lowest BCUT2D eigenvalue weighted by molar-refractivity contribution is 0.0622. The Labute approximate surface area is 167 Å². The molecule has 0 spiro atoms. The monoisotopic (exact) mass is 404 g/mol. The van der Waals surface area contributed by atoms with Crippen LogP contribution in [0.5, 0.6) is 5.75 Å². The lowest BCUT2D eigenvalue weighted by Gasteiger charge is -2.38. The first-order valence-corrected chi connectivity index (χ1v) is 11.6. The fourth-order valence-corrected chi connectivity index (χ4v) is 4.64. The van der Waals surface area contributed by atoms with E-state index in [1.165, 1.54) is 12.0 Å². The number of nitrogens with zero attached hydrogens (tertiary/aromatic N) is 2. The number of rotatable bonds is 3. The number of carbonyl (C=O) groups is 2. The van der Waals surface area contributed by atoms with Gasteiger partial charge in [-0.3, -0.25) is 4.79 Å². The minimum Gasteiger partial charge on any atom is -0.497 e. The number of benzene rings is 1. The van der Waals surface area contributed by atoms with Crippen LogP contribution in [-0.4, -0.2) is 50.4 Å². The molecule has 1 N–H and O–H groups in total. The van der Waals surface area contributed by atoms with E-state index in [4.69, 9.17) is 9.16 Å². The van der Waals surface area contributed by atoms with Crippen molar-refractivity contribution in [2.45, 2.75) is 58.0 Å². The fraction of sp³-hybridized carbons (Fsp3) is 0.500. The van der Waals surface area contributed by atoms with E-state index in [0.29, 0.717) is 23.4 Å². The number of ether oxygens (including phenoxy) is 1. The molecule has 3 rings (SSSR count). The van der Waals surface area contributed by atoms with Gasteiger partial charge in [0.2, 0.25) is 0 Å². The van der Waals surface area contributed by atoms with E-state index in [2.05, 4.69) is 27.3 Å². The molecule has 152 valence electrons. The van der Waals surface area contributed by atoms with Crippen LogP contribution in [0, 0.1) is 0 Å². The first kappa shape index (κ1) is 20.4. The molecule has 3 atom stereocenters. The molecule has 1 aromatic carbocycles. The molecule has 2 amide bonds. The first-order valence-electron chi connectivity index (χ1n) is 9.40. The summed E-state index contributed by atoms with van der Waals surface area (Å²) in [6.45, 7) is 10.3. The number of amides is 2. The minimum atomic E-state index is -1.78. The van der Waals surface area contributed by atoms with E-state index >= 15 is 0 Å². The summed E-state index contributed by atoms with van der Waals surface area (Å²) < 4.78 is 11.7. The standard InChI is InChI=1S/C20H28N2O5Si/c1-12-9-16-18(27-28(6)20(2,3)4)22(19(24)25)15-8-7-13(26-5)10-14(15)17(23)21(16)11-12/h7-8,10-11,16,18,28H,9H2,1-6H3,(H,24,25). The van der Waals surface area contributed by atoms with Gasteiger partial charge in [0, 0.05) is 6.20 Å². The number of carboxylic acid groups (broad SMARTS) is 1. The Morgan fingerprint density at radius 2 is 2.00 bits per heavy atom. The van der Waals surface area contributed by atoms with E-state index in [1.54, 1.807) is 29.3 Å². The van der Waals surface area contributed by atoms with Crippen LogP contribution in [-0.2, 0) is 4.43 Å². The Morgan fingerprint density at radius 1 is 1.32 bits per heavy atom. The first-order chi connectivity index (χ1) is 13.0. The van der Waals surface area contributed by atoms with E-state index in [-0.39, 0.29) is 17.0 Å². The zero-order valence-electron chi connectivity index (χ0n) is 17.2. The maximum Gasteiger partial charge on any atom is 0.414 e. The molecular weight excluding hydrogens is 376 g/mol. The fourth-order valence-electron chi connectivity index (χ4n) is 3.51. The molecule has 2 aliphatic rings. The third-order valence-corrected chi connectivity index (χ3v) is 8.66. The van der Waals surface area contributed by atoms with Crippen molar-refractivity contribution in [2.75, 3.05) is 12.0 Å². The number of fused-ring (bicyclic) bond motifs is 2. The van der Waals surface area contributed by atoms with Crippen LogP contribution >= 0.6 is 0 Å². The summed E-state index contributed by atoms with van der Waals surface area (Å²) in [5.41, 5.74) is 1.65. The number of hydrogen-bond donors (Lipinski definition) is 1. The summed E-state index contributed by atoms with van der Waals surface area (Å²) in [7, 11) is -0.260. The smallest absolute Gasteiger partial charge is 0.414 e. The Balaban J connectivity index is 2.16. The second-order valence-corrected chi connectivity index (χ2v) is 11.8. The summed E-state index contributed by atoms with van der Waals surface area (Å²) in [4.78, 5) is 28.5. The highest BCUT2D eigenvalue weighted by atomic mass is 28.3. The zero-order chi connectivity index (χ0) is 20.8. The number of anilines is 1. The molecule has 1 aromatic rings. The van der Waals surface area contributed by atoms with Gasteiger partial charge in [-0.25, -0.2) is 9.69 Å². The normalized spacial score (nSPS) is 22.9. The van der Waals surface area contributed by atoms with Crippen molar-refractivity contribution in [3.05, 3.63) is 35.5 Å². The van der Waals surface area contributed by atoms with Crippen molar-refractivity contribution in [2.24, 2.45) is 0 Å². The maximum absolute atomic E-state index is 13.3. The van der Waals surface area contributed by atoms with Crippen LogP contribution in [0.25, 0.3) is 0 Å². The molecular formula is C20H28N2O5Si. The van der Waals surface area contributed by atoms with Crippen LogP contribution < -0.4 is 9.64 Å². The Bertz CT molecular complexity index is 832. The highest BCUT2D eigenvalue weighted by molar-refractivity contribution is 6.53. The van der Waals surface area contributed by atoms with Gasteiger partial charge >= 0.3 is 6.09 Å². The second-order valence-electron chi connectivity index (χ2n) is 8.53. The Hall–Kier alpha value is -2.32. The third kappa shape index (κ3) is 3.54. The molecule has 2 heterocycles. The number of hydrogen-bond acceptors (Lipinski definition) is 4. The summed E-state index contributed by atoms with van der Waals surface area (Å²) in [6, 6.07) is 4.50. The van der Waals surface area contributed by atoms with Gasteiger partial charge in [-0.2, -0.15) is 0 Å². The highest BCUT2D eigenvalue weighted by Gasteiger charge is 2.46. The van der Waals surface area contributed by atoms with Crippen molar-refractivity contribution in [1.29, 1.82) is 0 Å². The largest absolute Gasteiger partial charge is 0.497 e. The van der Waals surface area contributed by atoms with Gasteiger partial charge in [-0.05, 0) is 43.1 Å². The van der Waals surface area contributed by atoms with Crippen molar-refractivity contribution in [1.82, 2.24) is 4.90 Å². The average Bonchev–Trinajstić information content (AvgIpc) is 2.97. The van der Waals surface area contributed by atoms with Crippen molar-refractivity contribution >= 4 is 26.7 Å². The van der Waals surface area contributed by atoms with Gasteiger partial charge < -0.3 is 19.2 Å². The van der Waals surface area contributed by atoms with Crippen molar-refractivity contribution in [3.63, 3.8) is 0 Å². The lowest BCUT2D eigenvalue weighted by Crippen LogP contribution is -2.54. The highest BCUT2D eigenvalue weighted by Crippen LogP contribution is 2.40. The minimum absolute atomic E-state index is 0.0465. The summed E-state index contributed by atoms with van der Waals surface area (Å²) in [6.07, 6.45) is 0.495. The van der Waals surface area contributed by atoms with Gasteiger partial charge in [0.05, 0.1) is 24.4 Å². The lowest BCUT2D eigenvalue weighted by atomic mass is 10.1. The van der Waals surface area contributed by atoms with Gasteiger partial charge in [0.25, 0.3) is 5.91 Å². The van der Waals surface area contributed by atoms with E-state index in [9.17, 15) is 14.7 Å². The van der Waals surface area contributed by atoms with Crippen molar-refractivity contribution in [3.8, 4) is 5.75 Å². The topological polar surface area (TPSA) is 79.3 Å². The van der Waals surface area contributed by atoms with Gasteiger partial charge in [0.1, 0.15) is 5.75 Å².